The molecule has 1 aromatic heterocycles. The lowest BCUT2D eigenvalue weighted by atomic mass is 10.4. The van der Waals surface area contributed by atoms with Crippen molar-refractivity contribution in [2.75, 3.05) is 6.61 Å². The molecule has 0 aliphatic carbocycles. The Hall–Kier alpha value is -1.65. The number of carbonyl (C=O) groups is 1. The minimum Gasteiger partial charge on any atom is -0.479 e. The van der Waals surface area contributed by atoms with Gasteiger partial charge >= 0.3 is 5.97 Å². The van der Waals surface area contributed by atoms with Crippen molar-refractivity contribution in [3.8, 4) is 5.88 Å². The van der Waals surface area contributed by atoms with Gasteiger partial charge in [-0.15, -0.1) is 0 Å². The van der Waals surface area contributed by atoms with Crippen LogP contribution in [0.2, 0.25) is 0 Å². The van der Waals surface area contributed by atoms with E-state index in [0.717, 1.165) is 5.69 Å². The van der Waals surface area contributed by atoms with Crippen LogP contribution >= 0.6 is 0 Å². The number of aliphatic carboxylic acids is 1. The van der Waals surface area contributed by atoms with Crippen molar-refractivity contribution in [1.29, 1.82) is 0 Å². The van der Waals surface area contributed by atoms with Gasteiger partial charge in [-0.1, -0.05) is 0 Å². The van der Waals surface area contributed by atoms with Crippen LogP contribution in [-0.2, 0) is 4.79 Å². The van der Waals surface area contributed by atoms with Crippen molar-refractivity contribution >= 4 is 5.97 Å². The lowest BCUT2D eigenvalue weighted by molar-refractivity contribution is -0.139. The third kappa shape index (κ3) is 2.53. The Kier molecular flexibility index (Phi) is 2.57. The standard InChI is InChI=1S/C7H8N2O3/c1-5-2-6(9-4-8-5)12-3-7(10)11/h2,4H,3H2,1H3,(H,10,11). The molecule has 1 heterocycles. The summed E-state index contributed by atoms with van der Waals surface area (Å²) >= 11 is 0. The number of aromatic nitrogens is 2. The molecule has 1 rings (SSSR count). The van der Waals surface area contributed by atoms with E-state index in [0.29, 0.717) is 0 Å². The number of rotatable bonds is 3. The highest BCUT2D eigenvalue weighted by Crippen LogP contribution is 2.04. The fraction of sp³-hybridized carbons (Fsp3) is 0.286. The minimum atomic E-state index is -1.02. The van der Waals surface area contributed by atoms with Gasteiger partial charge in [-0.05, 0) is 6.92 Å². The number of hydrogen-bond donors (Lipinski definition) is 1. The lowest BCUT2D eigenvalue weighted by Crippen LogP contribution is -2.10. The molecule has 5 nitrogen and oxygen atoms in total. The van der Waals surface area contributed by atoms with Gasteiger partial charge in [0.1, 0.15) is 6.33 Å². The van der Waals surface area contributed by atoms with E-state index in [4.69, 9.17) is 9.84 Å². The molecule has 0 unspecified atom stereocenters. The molecule has 0 aliphatic heterocycles. The molecule has 12 heavy (non-hydrogen) atoms. The predicted molar refractivity (Wildman–Crippen MR) is 39.9 cm³/mol. The number of aryl methyl sites for hydroxylation is 1. The first-order valence-corrected chi connectivity index (χ1v) is 3.32. The molecular weight excluding hydrogens is 160 g/mol. The second-order valence-corrected chi connectivity index (χ2v) is 2.18. The second-order valence-electron chi connectivity index (χ2n) is 2.18. The number of carboxylic acids is 1. The Morgan fingerprint density at radius 3 is 3.00 bits per heavy atom. The largest absolute Gasteiger partial charge is 0.479 e. The van der Waals surface area contributed by atoms with Crippen LogP contribution < -0.4 is 4.74 Å². The zero-order chi connectivity index (χ0) is 8.97. The summed E-state index contributed by atoms with van der Waals surface area (Å²) in [7, 11) is 0. The maximum atomic E-state index is 10.1. The van der Waals surface area contributed by atoms with E-state index in [1.807, 2.05) is 0 Å². The van der Waals surface area contributed by atoms with Crippen LogP contribution in [0.5, 0.6) is 5.88 Å². The fourth-order valence-corrected chi connectivity index (χ4v) is 0.645. The third-order valence-corrected chi connectivity index (χ3v) is 1.12. The Labute approximate surface area is 69.0 Å². The van der Waals surface area contributed by atoms with Crippen LogP contribution in [0.1, 0.15) is 5.69 Å². The Morgan fingerprint density at radius 1 is 1.67 bits per heavy atom. The van der Waals surface area contributed by atoms with Crippen LogP contribution in [0.15, 0.2) is 12.4 Å². The fourth-order valence-electron chi connectivity index (χ4n) is 0.645. The first-order valence-electron chi connectivity index (χ1n) is 3.32. The van der Waals surface area contributed by atoms with E-state index in [-0.39, 0.29) is 12.5 Å². The molecule has 0 bridgehead atoms. The normalized spacial score (nSPS) is 9.42. The summed E-state index contributed by atoms with van der Waals surface area (Å²) in [4.78, 5) is 17.6. The molecule has 0 amide bonds. The van der Waals surface area contributed by atoms with Gasteiger partial charge in [-0.3, -0.25) is 0 Å². The van der Waals surface area contributed by atoms with Crippen molar-refractivity contribution in [1.82, 2.24) is 9.97 Å². The van der Waals surface area contributed by atoms with Crippen molar-refractivity contribution in [2.24, 2.45) is 0 Å². The number of nitrogens with zero attached hydrogens (tertiary/aromatic N) is 2. The van der Waals surface area contributed by atoms with E-state index < -0.39 is 5.97 Å². The quantitative estimate of drug-likeness (QED) is 0.700. The molecule has 5 heteroatoms. The van der Waals surface area contributed by atoms with E-state index in [9.17, 15) is 4.79 Å². The molecule has 1 N–H and O–H groups in total. The van der Waals surface area contributed by atoms with Gasteiger partial charge in [0.25, 0.3) is 0 Å². The molecule has 0 aromatic carbocycles. The first-order chi connectivity index (χ1) is 5.68. The van der Waals surface area contributed by atoms with Crippen LogP contribution in [0.3, 0.4) is 0 Å². The van der Waals surface area contributed by atoms with Gasteiger partial charge in [0.2, 0.25) is 5.88 Å². The smallest absolute Gasteiger partial charge is 0.341 e. The summed E-state index contributed by atoms with van der Waals surface area (Å²) in [5.41, 5.74) is 0.741. The summed E-state index contributed by atoms with van der Waals surface area (Å²) in [6.07, 6.45) is 1.33. The maximum absolute atomic E-state index is 10.1. The van der Waals surface area contributed by atoms with Gasteiger partial charge in [-0.2, -0.15) is 0 Å². The van der Waals surface area contributed by atoms with Crippen molar-refractivity contribution < 1.29 is 14.6 Å². The molecule has 1 aromatic rings. The molecule has 0 spiro atoms. The molecule has 0 saturated carbocycles. The van der Waals surface area contributed by atoms with Gasteiger partial charge in [0, 0.05) is 11.8 Å². The van der Waals surface area contributed by atoms with E-state index in [2.05, 4.69) is 9.97 Å². The minimum absolute atomic E-state index is 0.282. The van der Waals surface area contributed by atoms with Crippen LogP contribution in [0.25, 0.3) is 0 Å². The Morgan fingerprint density at radius 2 is 2.42 bits per heavy atom. The average molecular weight is 168 g/mol. The number of hydrogen-bond acceptors (Lipinski definition) is 4. The highest BCUT2D eigenvalue weighted by Gasteiger charge is 1.99. The van der Waals surface area contributed by atoms with Gasteiger partial charge in [0.05, 0.1) is 0 Å². The summed E-state index contributed by atoms with van der Waals surface area (Å²) < 4.78 is 4.80. The summed E-state index contributed by atoms with van der Waals surface area (Å²) in [5.74, 6) is -0.740. The van der Waals surface area contributed by atoms with Crippen molar-refractivity contribution in [3.63, 3.8) is 0 Å². The van der Waals surface area contributed by atoms with Crippen LogP contribution in [0.4, 0.5) is 0 Å². The second kappa shape index (κ2) is 3.66. The maximum Gasteiger partial charge on any atom is 0.341 e. The molecule has 0 radical (unpaired) electrons. The average Bonchev–Trinajstić information content (AvgIpc) is 2.01. The van der Waals surface area contributed by atoms with Crippen LogP contribution in [-0.4, -0.2) is 27.7 Å². The van der Waals surface area contributed by atoms with Crippen molar-refractivity contribution in [2.45, 2.75) is 6.92 Å². The Balaban J connectivity index is 2.57. The Bertz CT molecular complexity index is 288. The van der Waals surface area contributed by atoms with E-state index in [1.165, 1.54) is 6.33 Å². The molecule has 0 saturated heterocycles. The van der Waals surface area contributed by atoms with Gasteiger partial charge < -0.3 is 9.84 Å². The SMILES string of the molecule is Cc1cc(OCC(=O)O)ncn1. The molecule has 0 atom stereocenters. The van der Waals surface area contributed by atoms with E-state index in [1.54, 1.807) is 13.0 Å². The molecular formula is C7H8N2O3. The first kappa shape index (κ1) is 8.45. The van der Waals surface area contributed by atoms with Gasteiger partial charge in [0.15, 0.2) is 6.61 Å². The number of carboxylic acid groups (broad SMARTS) is 1. The molecule has 64 valence electrons. The summed E-state index contributed by atoms with van der Waals surface area (Å²) in [6.45, 7) is 1.39. The van der Waals surface area contributed by atoms with Crippen molar-refractivity contribution in [3.05, 3.63) is 18.1 Å². The highest BCUT2D eigenvalue weighted by atomic mass is 16.5. The molecule has 0 fully saturated rings. The zero-order valence-electron chi connectivity index (χ0n) is 6.52. The van der Waals surface area contributed by atoms with Gasteiger partial charge in [-0.25, -0.2) is 14.8 Å². The zero-order valence-corrected chi connectivity index (χ0v) is 6.52. The summed E-state index contributed by atoms with van der Waals surface area (Å²) in [5, 5.41) is 8.28. The molecule has 0 aliphatic rings. The predicted octanol–water partition coefficient (Wildman–Crippen LogP) is 0.248. The van der Waals surface area contributed by atoms with Crippen LogP contribution in [0, 0.1) is 6.92 Å². The highest BCUT2D eigenvalue weighted by molar-refractivity contribution is 5.68. The monoisotopic (exact) mass is 168 g/mol. The summed E-state index contributed by atoms with van der Waals surface area (Å²) in [6, 6.07) is 1.57. The van der Waals surface area contributed by atoms with E-state index >= 15 is 0 Å². The topological polar surface area (TPSA) is 72.3 Å². The lowest BCUT2D eigenvalue weighted by Gasteiger charge is -2.00. The number of ether oxygens (including phenoxy) is 1. The third-order valence-electron chi connectivity index (χ3n) is 1.12.